The fraction of sp³-hybridized carbons (Fsp3) is 0.118. The third-order valence-corrected chi connectivity index (χ3v) is 3.13. The molecule has 0 aliphatic rings. The van der Waals surface area contributed by atoms with Crippen LogP contribution in [0.1, 0.15) is 15.9 Å². The summed E-state index contributed by atoms with van der Waals surface area (Å²) < 4.78 is 10.3. The predicted octanol–water partition coefficient (Wildman–Crippen LogP) is 2.89. The SMILES string of the molecule is COc1cc(N)c(C(=O)/C=C/c2ccc(O)cc2)c(OC)c1. The highest BCUT2D eigenvalue weighted by atomic mass is 16.5. The van der Waals surface area contributed by atoms with E-state index in [1.807, 2.05) is 0 Å². The number of allylic oxidation sites excluding steroid dienone is 1. The number of nitrogen functional groups attached to an aromatic ring is 1. The monoisotopic (exact) mass is 299 g/mol. The Morgan fingerprint density at radius 3 is 2.41 bits per heavy atom. The second kappa shape index (κ2) is 6.67. The average Bonchev–Trinajstić information content (AvgIpc) is 2.53. The number of rotatable bonds is 5. The highest BCUT2D eigenvalue weighted by Gasteiger charge is 2.15. The molecule has 22 heavy (non-hydrogen) atoms. The van der Waals surface area contributed by atoms with Crippen molar-refractivity contribution in [1.82, 2.24) is 0 Å². The van der Waals surface area contributed by atoms with E-state index in [1.54, 1.807) is 42.5 Å². The normalized spacial score (nSPS) is 10.6. The van der Waals surface area contributed by atoms with Gasteiger partial charge in [0.2, 0.25) is 0 Å². The molecule has 0 atom stereocenters. The molecule has 0 saturated carbocycles. The number of aromatic hydroxyl groups is 1. The van der Waals surface area contributed by atoms with Crippen LogP contribution in [0.15, 0.2) is 42.5 Å². The van der Waals surface area contributed by atoms with E-state index >= 15 is 0 Å². The summed E-state index contributed by atoms with van der Waals surface area (Å²) in [7, 11) is 2.98. The summed E-state index contributed by atoms with van der Waals surface area (Å²) in [5.41, 5.74) is 7.28. The minimum absolute atomic E-state index is 0.171. The maximum absolute atomic E-state index is 12.3. The van der Waals surface area contributed by atoms with Crippen LogP contribution in [0.2, 0.25) is 0 Å². The fourth-order valence-electron chi connectivity index (χ4n) is 1.99. The molecule has 0 fully saturated rings. The van der Waals surface area contributed by atoms with Crippen molar-refractivity contribution in [2.75, 3.05) is 20.0 Å². The number of benzene rings is 2. The maximum Gasteiger partial charge on any atom is 0.191 e. The van der Waals surface area contributed by atoms with Gasteiger partial charge in [0.25, 0.3) is 0 Å². The Labute approximate surface area is 128 Å². The fourth-order valence-corrected chi connectivity index (χ4v) is 1.99. The lowest BCUT2D eigenvalue weighted by atomic mass is 10.1. The zero-order chi connectivity index (χ0) is 16.1. The summed E-state index contributed by atoms with van der Waals surface area (Å²) in [4.78, 5) is 12.3. The molecule has 0 unspecified atom stereocenters. The minimum Gasteiger partial charge on any atom is -0.508 e. The molecule has 0 heterocycles. The summed E-state index contributed by atoms with van der Waals surface area (Å²) in [5.74, 6) is 0.778. The molecule has 0 amide bonds. The van der Waals surface area contributed by atoms with Gasteiger partial charge in [0.1, 0.15) is 17.2 Å². The molecule has 0 radical (unpaired) electrons. The van der Waals surface area contributed by atoms with Crippen LogP contribution in [0.5, 0.6) is 17.2 Å². The zero-order valence-corrected chi connectivity index (χ0v) is 12.4. The average molecular weight is 299 g/mol. The second-order valence-electron chi connectivity index (χ2n) is 4.58. The zero-order valence-electron chi connectivity index (χ0n) is 12.4. The lowest BCUT2D eigenvalue weighted by molar-refractivity contribution is 0.104. The van der Waals surface area contributed by atoms with E-state index in [0.717, 1.165) is 5.56 Å². The van der Waals surface area contributed by atoms with Gasteiger partial charge in [0.05, 0.1) is 25.5 Å². The molecule has 5 heteroatoms. The van der Waals surface area contributed by atoms with Crippen LogP contribution in [0, 0.1) is 0 Å². The molecule has 2 aromatic carbocycles. The Balaban J connectivity index is 2.31. The van der Waals surface area contributed by atoms with Gasteiger partial charge in [0.15, 0.2) is 5.78 Å². The van der Waals surface area contributed by atoms with Gasteiger partial charge in [-0.05, 0) is 23.8 Å². The third kappa shape index (κ3) is 3.38. The molecular formula is C17H17NO4. The van der Waals surface area contributed by atoms with E-state index in [-0.39, 0.29) is 17.2 Å². The van der Waals surface area contributed by atoms with Crippen LogP contribution in [-0.2, 0) is 0 Å². The second-order valence-corrected chi connectivity index (χ2v) is 4.58. The first-order valence-electron chi connectivity index (χ1n) is 6.58. The van der Waals surface area contributed by atoms with Crippen molar-refractivity contribution in [3.05, 3.63) is 53.6 Å². The van der Waals surface area contributed by atoms with Crippen molar-refractivity contribution < 1.29 is 19.4 Å². The van der Waals surface area contributed by atoms with Gasteiger partial charge in [0, 0.05) is 12.1 Å². The Hall–Kier alpha value is -2.95. The number of hydrogen-bond acceptors (Lipinski definition) is 5. The van der Waals surface area contributed by atoms with E-state index in [2.05, 4.69) is 0 Å². The van der Waals surface area contributed by atoms with Crippen LogP contribution in [0.4, 0.5) is 5.69 Å². The van der Waals surface area contributed by atoms with Crippen LogP contribution < -0.4 is 15.2 Å². The summed E-state index contributed by atoms with van der Waals surface area (Å²) in [6, 6.07) is 9.68. The van der Waals surface area contributed by atoms with Crippen LogP contribution in [0.25, 0.3) is 6.08 Å². The third-order valence-electron chi connectivity index (χ3n) is 3.13. The number of methoxy groups -OCH3 is 2. The summed E-state index contributed by atoms with van der Waals surface area (Å²) in [5, 5.41) is 9.23. The van der Waals surface area contributed by atoms with Crippen molar-refractivity contribution in [3.8, 4) is 17.2 Å². The first-order chi connectivity index (χ1) is 10.5. The first-order valence-corrected chi connectivity index (χ1v) is 6.58. The van der Waals surface area contributed by atoms with Gasteiger partial charge in [-0.1, -0.05) is 18.2 Å². The number of nitrogens with two attached hydrogens (primary N) is 1. The lowest BCUT2D eigenvalue weighted by Gasteiger charge is -2.11. The molecule has 0 aromatic heterocycles. The quantitative estimate of drug-likeness (QED) is 0.504. The Bertz CT molecular complexity index is 705. The van der Waals surface area contributed by atoms with Crippen LogP contribution in [0.3, 0.4) is 0 Å². The van der Waals surface area contributed by atoms with Crippen molar-refractivity contribution in [2.45, 2.75) is 0 Å². The van der Waals surface area contributed by atoms with Gasteiger partial charge >= 0.3 is 0 Å². The van der Waals surface area contributed by atoms with Crippen LogP contribution >= 0.6 is 0 Å². The highest BCUT2D eigenvalue weighted by molar-refractivity contribution is 6.12. The Morgan fingerprint density at radius 2 is 1.82 bits per heavy atom. The Morgan fingerprint density at radius 1 is 1.14 bits per heavy atom. The standard InChI is InChI=1S/C17H17NO4/c1-21-13-9-14(18)17(16(10-13)22-2)15(20)8-5-11-3-6-12(19)7-4-11/h3-10,19H,18H2,1-2H3/b8-5+. The van der Waals surface area contributed by atoms with Gasteiger partial charge in [-0.3, -0.25) is 4.79 Å². The van der Waals surface area contributed by atoms with Gasteiger partial charge in [-0.25, -0.2) is 0 Å². The summed E-state index contributed by atoms with van der Waals surface area (Å²) >= 11 is 0. The highest BCUT2D eigenvalue weighted by Crippen LogP contribution is 2.31. The van der Waals surface area contributed by atoms with Gasteiger partial charge in [-0.2, -0.15) is 0 Å². The topological polar surface area (TPSA) is 81.8 Å². The van der Waals surface area contributed by atoms with Crippen molar-refractivity contribution in [2.24, 2.45) is 0 Å². The molecule has 2 aromatic rings. The molecule has 0 aliphatic heterocycles. The van der Waals surface area contributed by atoms with E-state index in [1.165, 1.54) is 20.3 Å². The molecule has 0 saturated heterocycles. The van der Waals surface area contributed by atoms with Gasteiger partial charge < -0.3 is 20.3 Å². The van der Waals surface area contributed by atoms with Gasteiger partial charge in [-0.15, -0.1) is 0 Å². The number of carbonyl (C=O) groups is 1. The molecule has 0 spiro atoms. The minimum atomic E-state index is -0.273. The number of carbonyl (C=O) groups excluding carboxylic acids is 1. The number of anilines is 1. The molecule has 114 valence electrons. The van der Waals surface area contributed by atoms with Crippen molar-refractivity contribution in [1.29, 1.82) is 0 Å². The van der Waals surface area contributed by atoms with E-state index < -0.39 is 0 Å². The van der Waals surface area contributed by atoms with Crippen LogP contribution in [-0.4, -0.2) is 25.1 Å². The predicted molar refractivity (Wildman–Crippen MR) is 85.4 cm³/mol. The summed E-state index contributed by atoms with van der Waals surface area (Å²) in [6.45, 7) is 0. The number of ether oxygens (including phenoxy) is 2. The summed E-state index contributed by atoms with van der Waals surface area (Å²) in [6.07, 6.45) is 3.05. The molecule has 3 N–H and O–H groups in total. The molecule has 2 rings (SSSR count). The van der Waals surface area contributed by atoms with E-state index in [0.29, 0.717) is 17.1 Å². The molecular weight excluding hydrogens is 282 g/mol. The molecule has 0 aliphatic carbocycles. The number of hydrogen-bond donors (Lipinski definition) is 2. The lowest BCUT2D eigenvalue weighted by Crippen LogP contribution is -2.05. The maximum atomic E-state index is 12.3. The molecule has 5 nitrogen and oxygen atoms in total. The van der Waals surface area contributed by atoms with E-state index in [9.17, 15) is 9.90 Å². The smallest absolute Gasteiger partial charge is 0.191 e. The first kappa shape index (κ1) is 15.4. The number of phenols is 1. The largest absolute Gasteiger partial charge is 0.508 e. The van der Waals surface area contributed by atoms with Crippen molar-refractivity contribution in [3.63, 3.8) is 0 Å². The molecule has 0 bridgehead atoms. The van der Waals surface area contributed by atoms with Crippen molar-refractivity contribution >= 4 is 17.5 Å². The number of phenolic OH excluding ortho intramolecular Hbond substituents is 1. The Kier molecular flexibility index (Phi) is 4.68. The van der Waals surface area contributed by atoms with E-state index in [4.69, 9.17) is 15.2 Å². The number of ketones is 1.